The summed E-state index contributed by atoms with van der Waals surface area (Å²) in [7, 11) is 1.42. The Hall–Kier alpha value is -1.88. The highest BCUT2D eigenvalue weighted by Crippen LogP contribution is 2.19. The van der Waals surface area contributed by atoms with Gasteiger partial charge in [0.05, 0.1) is 7.11 Å². The van der Waals surface area contributed by atoms with E-state index in [0.29, 0.717) is 24.6 Å². The maximum absolute atomic E-state index is 13.5. The van der Waals surface area contributed by atoms with Crippen LogP contribution in [0.3, 0.4) is 0 Å². The molecular formula is C15H19FN2O2. The summed E-state index contributed by atoms with van der Waals surface area (Å²) in [6.45, 7) is 2.05. The Morgan fingerprint density at radius 2 is 2.40 bits per heavy atom. The third-order valence-corrected chi connectivity index (χ3v) is 3.53. The average molecular weight is 278 g/mol. The van der Waals surface area contributed by atoms with Gasteiger partial charge in [-0.3, -0.25) is 4.79 Å². The molecule has 1 amide bonds. The normalized spacial score (nSPS) is 18.8. The van der Waals surface area contributed by atoms with E-state index in [9.17, 15) is 9.18 Å². The van der Waals surface area contributed by atoms with Crippen LogP contribution in [-0.4, -0.2) is 37.6 Å². The zero-order chi connectivity index (χ0) is 14.5. The fourth-order valence-corrected chi connectivity index (χ4v) is 2.28. The van der Waals surface area contributed by atoms with Crippen molar-refractivity contribution in [2.75, 3.05) is 26.7 Å². The quantitative estimate of drug-likeness (QED) is 0.852. The van der Waals surface area contributed by atoms with E-state index >= 15 is 0 Å². The Bertz CT molecular complexity index is 517. The van der Waals surface area contributed by atoms with Gasteiger partial charge in [-0.05, 0) is 42.7 Å². The van der Waals surface area contributed by atoms with Gasteiger partial charge in [-0.1, -0.05) is 6.07 Å². The van der Waals surface area contributed by atoms with Crippen LogP contribution >= 0.6 is 0 Å². The highest BCUT2D eigenvalue weighted by Gasteiger charge is 2.23. The van der Waals surface area contributed by atoms with E-state index in [1.165, 1.54) is 19.3 Å². The Morgan fingerprint density at radius 3 is 3.00 bits per heavy atom. The molecule has 108 valence electrons. The van der Waals surface area contributed by atoms with Gasteiger partial charge in [0.2, 0.25) is 5.91 Å². The maximum atomic E-state index is 13.5. The number of rotatable bonds is 4. The van der Waals surface area contributed by atoms with Gasteiger partial charge in [-0.2, -0.15) is 0 Å². The van der Waals surface area contributed by atoms with Crippen molar-refractivity contribution in [1.29, 1.82) is 0 Å². The van der Waals surface area contributed by atoms with E-state index < -0.39 is 5.82 Å². The van der Waals surface area contributed by atoms with Crippen molar-refractivity contribution < 1.29 is 13.9 Å². The molecule has 1 aliphatic heterocycles. The number of halogens is 1. The third kappa shape index (κ3) is 3.36. The molecule has 0 saturated carbocycles. The van der Waals surface area contributed by atoms with Gasteiger partial charge in [0.1, 0.15) is 0 Å². The van der Waals surface area contributed by atoms with Crippen molar-refractivity contribution >= 4 is 12.0 Å². The fourth-order valence-electron chi connectivity index (χ4n) is 2.28. The van der Waals surface area contributed by atoms with E-state index in [1.54, 1.807) is 23.1 Å². The van der Waals surface area contributed by atoms with E-state index in [-0.39, 0.29) is 11.7 Å². The highest BCUT2D eigenvalue weighted by molar-refractivity contribution is 5.92. The predicted octanol–water partition coefficient (Wildman–Crippen LogP) is 1.65. The van der Waals surface area contributed by atoms with Gasteiger partial charge in [0, 0.05) is 19.2 Å². The Kier molecular flexibility index (Phi) is 4.74. The summed E-state index contributed by atoms with van der Waals surface area (Å²) in [5, 5.41) is 0. The Morgan fingerprint density at radius 1 is 1.60 bits per heavy atom. The summed E-state index contributed by atoms with van der Waals surface area (Å²) in [4.78, 5) is 13.7. The largest absolute Gasteiger partial charge is 0.494 e. The van der Waals surface area contributed by atoms with Crippen LogP contribution in [0.5, 0.6) is 5.75 Å². The van der Waals surface area contributed by atoms with Gasteiger partial charge in [0.25, 0.3) is 0 Å². The van der Waals surface area contributed by atoms with Crippen LogP contribution in [0.4, 0.5) is 4.39 Å². The Balaban J connectivity index is 1.99. The number of hydrogen-bond acceptors (Lipinski definition) is 3. The summed E-state index contributed by atoms with van der Waals surface area (Å²) in [5.41, 5.74) is 6.23. The topological polar surface area (TPSA) is 55.6 Å². The van der Waals surface area contributed by atoms with Crippen LogP contribution in [0.25, 0.3) is 6.08 Å². The molecule has 0 spiro atoms. The molecule has 0 radical (unpaired) electrons. The zero-order valence-corrected chi connectivity index (χ0v) is 11.5. The summed E-state index contributed by atoms with van der Waals surface area (Å²) >= 11 is 0. The number of methoxy groups -OCH3 is 1. The van der Waals surface area contributed by atoms with Crippen LogP contribution in [0, 0.1) is 11.7 Å². The van der Waals surface area contributed by atoms with Crippen molar-refractivity contribution in [2.45, 2.75) is 6.42 Å². The zero-order valence-electron chi connectivity index (χ0n) is 11.5. The summed E-state index contributed by atoms with van der Waals surface area (Å²) in [5.74, 6) is 0.0910. The lowest BCUT2D eigenvalue weighted by atomic mass is 10.1. The van der Waals surface area contributed by atoms with E-state index in [4.69, 9.17) is 10.5 Å². The minimum Gasteiger partial charge on any atom is -0.494 e. The van der Waals surface area contributed by atoms with Gasteiger partial charge in [-0.15, -0.1) is 0 Å². The number of carbonyl (C=O) groups excluding carboxylic acids is 1. The molecule has 0 bridgehead atoms. The number of nitrogens with two attached hydrogens (primary N) is 1. The van der Waals surface area contributed by atoms with Crippen LogP contribution in [0.15, 0.2) is 24.3 Å². The number of benzene rings is 1. The molecule has 20 heavy (non-hydrogen) atoms. The summed E-state index contributed by atoms with van der Waals surface area (Å²) in [6.07, 6.45) is 4.04. The van der Waals surface area contributed by atoms with E-state index in [1.807, 2.05) is 0 Å². The van der Waals surface area contributed by atoms with Gasteiger partial charge >= 0.3 is 0 Å². The van der Waals surface area contributed by atoms with Crippen molar-refractivity contribution in [2.24, 2.45) is 11.7 Å². The minimum atomic E-state index is -0.438. The van der Waals surface area contributed by atoms with E-state index in [0.717, 1.165) is 13.0 Å². The van der Waals surface area contributed by atoms with Crippen LogP contribution in [0.2, 0.25) is 0 Å². The van der Waals surface area contributed by atoms with Crippen molar-refractivity contribution in [3.63, 3.8) is 0 Å². The van der Waals surface area contributed by atoms with Crippen LogP contribution < -0.4 is 10.5 Å². The monoisotopic (exact) mass is 278 g/mol. The molecule has 1 aromatic carbocycles. The van der Waals surface area contributed by atoms with E-state index in [2.05, 4.69) is 0 Å². The molecule has 1 atom stereocenters. The molecule has 2 rings (SSSR count). The fraction of sp³-hybridized carbons (Fsp3) is 0.400. The van der Waals surface area contributed by atoms with Gasteiger partial charge < -0.3 is 15.4 Å². The molecule has 4 nitrogen and oxygen atoms in total. The lowest BCUT2D eigenvalue weighted by molar-refractivity contribution is -0.125. The van der Waals surface area contributed by atoms with Crippen molar-refractivity contribution in [1.82, 2.24) is 4.90 Å². The van der Waals surface area contributed by atoms with Gasteiger partial charge in [-0.25, -0.2) is 4.39 Å². The Labute approximate surface area is 118 Å². The molecule has 1 saturated heterocycles. The number of carbonyl (C=O) groups is 1. The first kappa shape index (κ1) is 14.5. The molecule has 5 heteroatoms. The maximum Gasteiger partial charge on any atom is 0.246 e. The second-order valence-electron chi connectivity index (χ2n) is 4.90. The minimum absolute atomic E-state index is 0.0582. The molecule has 0 aromatic heterocycles. The molecule has 2 N–H and O–H groups in total. The van der Waals surface area contributed by atoms with Crippen molar-refractivity contribution in [3.8, 4) is 5.75 Å². The molecule has 1 aliphatic rings. The number of hydrogen-bond donors (Lipinski definition) is 1. The number of ether oxygens (including phenoxy) is 1. The first-order valence-corrected chi connectivity index (χ1v) is 6.64. The lowest BCUT2D eigenvalue weighted by Gasteiger charge is -2.13. The lowest BCUT2D eigenvalue weighted by Crippen LogP contribution is -2.28. The molecular weight excluding hydrogens is 259 g/mol. The molecule has 1 heterocycles. The second-order valence-corrected chi connectivity index (χ2v) is 4.90. The SMILES string of the molecule is COc1ccc(C=CC(=O)N2CCC(CN)C2)cc1F. The average Bonchev–Trinajstić information content (AvgIpc) is 2.94. The number of nitrogens with zero attached hydrogens (tertiary/aromatic N) is 1. The first-order chi connectivity index (χ1) is 9.63. The van der Waals surface area contributed by atoms with Crippen LogP contribution in [-0.2, 0) is 4.79 Å². The summed E-state index contributed by atoms with van der Waals surface area (Å²) < 4.78 is 18.3. The third-order valence-electron chi connectivity index (χ3n) is 3.53. The van der Waals surface area contributed by atoms with Crippen LogP contribution in [0.1, 0.15) is 12.0 Å². The van der Waals surface area contributed by atoms with Gasteiger partial charge in [0.15, 0.2) is 11.6 Å². The summed E-state index contributed by atoms with van der Waals surface area (Å²) in [6, 6.07) is 4.59. The second kappa shape index (κ2) is 6.52. The predicted molar refractivity (Wildman–Crippen MR) is 75.7 cm³/mol. The smallest absolute Gasteiger partial charge is 0.246 e. The number of likely N-dealkylation sites (tertiary alicyclic amines) is 1. The molecule has 1 fully saturated rings. The highest BCUT2D eigenvalue weighted by atomic mass is 19.1. The first-order valence-electron chi connectivity index (χ1n) is 6.64. The molecule has 1 aromatic rings. The van der Waals surface area contributed by atoms with Crippen molar-refractivity contribution in [3.05, 3.63) is 35.7 Å². The number of amides is 1. The standard InChI is InChI=1S/C15H19FN2O2/c1-20-14-4-2-11(8-13(14)16)3-5-15(19)18-7-6-12(9-17)10-18/h2-5,8,12H,6-7,9-10,17H2,1H3. The molecule has 1 unspecified atom stereocenters. The molecule has 0 aliphatic carbocycles.